The number of nitrogens with zero attached hydrogens (tertiary/aromatic N) is 2. The van der Waals surface area contributed by atoms with Gasteiger partial charge in [0.15, 0.2) is 0 Å². The molecule has 0 saturated heterocycles. The lowest BCUT2D eigenvalue weighted by Crippen LogP contribution is -1.93. The topological polar surface area (TPSA) is 17.8 Å². The van der Waals surface area contributed by atoms with Gasteiger partial charge in [-0.15, -0.1) is 0 Å². The third-order valence-corrected chi connectivity index (χ3v) is 9.82. The number of fused-ring (bicyclic) bond motifs is 3. The number of hydrogen-bond acceptors (Lipinski definition) is 1. The Labute approximate surface area is 272 Å². The number of benzene rings is 8. The van der Waals surface area contributed by atoms with Crippen molar-refractivity contribution in [3.8, 4) is 39.2 Å². The molecule has 0 bridgehead atoms. The molecule has 0 unspecified atom stereocenters. The Bertz CT molecular complexity index is 2760. The van der Waals surface area contributed by atoms with E-state index in [1.54, 1.807) is 0 Å². The van der Waals surface area contributed by atoms with Gasteiger partial charge in [-0.1, -0.05) is 127 Å². The van der Waals surface area contributed by atoms with Crippen LogP contribution in [0.2, 0.25) is 0 Å². The highest BCUT2D eigenvalue weighted by atomic mass is 15.0. The summed E-state index contributed by atoms with van der Waals surface area (Å²) in [5.74, 6) is 0. The molecule has 10 rings (SSSR count). The summed E-state index contributed by atoms with van der Waals surface area (Å²) >= 11 is 0. The first-order valence-electron chi connectivity index (χ1n) is 16.1. The molecule has 2 heteroatoms. The van der Waals surface area contributed by atoms with Crippen LogP contribution >= 0.6 is 0 Å². The lowest BCUT2D eigenvalue weighted by Gasteiger charge is -2.16. The quantitative estimate of drug-likeness (QED) is 0.185. The van der Waals surface area contributed by atoms with Crippen molar-refractivity contribution in [3.05, 3.63) is 170 Å². The maximum absolute atomic E-state index is 4.68. The maximum atomic E-state index is 4.68. The average Bonchev–Trinajstić information content (AvgIpc) is 3.48. The van der Waals surface area contributed by atoms with Crippen LogP contribution in [0, 0.1) is 0 Å². The van der Waals surface area contributed by atoms with E-state index in [9.17, 15) is 0 Å². The molecule has 8 aromatic carbocycles. The fraction of sp³-hybridized carbons (Fsp3) is 0. The molecule has 0 radical (unpaired) electrons. The zero-order valence-electron chi connectivity index (χ0n) is 25.6. The molecule has 0 atom stereocenters. The number of hydrogen-bond donors (Lipinski definition) is 0. The van der Waals surface area contributed by atoms with Gasteiger partial charge in [-0.2, -0.15) is 0 Å². The maximum Gasteiger partial charge on any atom is 0.0708 e. The van der Waals surface area contributed by atoms with Gasteiger partial charge in [0.25, 0.3) is 0 Å². The molecular formula is C45H28N2. The highest BCUT2D eigenvalue weighted by Gasteiger charge is 2.16. The summed E-state index contributed by atoms with van der Waals surface area (Å²) in [6.45, 7) is 0. The number of para-hydroxylation sites is 2. The third-order valence-electron chi connectivity index (χ3n) is 9.82. The predicted molar refractivity (Wildman–Crippen MR) is 199 cm³/mol. The van der Waals surface area contributed by atoms with E-state index in [0.29, 0.717) is 0 Å². The highest BCUT2D eigenvalue weighted by Crippen LogP contribution is 2.42. The standard InChI is InChI=1S/C45H28N2/c1-2-8-34(9-3-1)47-42-12-5-4-10-37(42)38-24-21-33(28-43(38)47)29-13-15-30(16-14-29)35-22-17-31-20-26-40-36(41-11-6-7-27-46-41)23-18-32-19-25-39(35)44(31)45(32)40/h1-28H. The van der Waals surface area contributed by atoms with Crippen molar-refractivity contribution in [1.82, 2.24) is 9.55 Å². The Morgan fingerprint density at radius 1 is 0.383 bits per heavy atom. The minimum atomic E-state index is 1.00. The van der Waals surface area contributed by atoms with E-state index < -0.39 is 0 Å². The van der Waals surface area contributed by atoms with Crippen molar-refractivity contribution < 1.29 is 0 Å². The number of rotatable bonds is 4. The summed E-state index contributed by atoms with van der Waals surface area (Å²) < 4.78 is 2.38. The van der Waals surface area contributed by atoms with Crippen LogP contribution in [-0.2, 0) is 0 Å². The van der Waals surface area contributed by atoms with Crippen molar-refractivity contribution >= 4 is 54.1 Å². The number of aromatic nitrogens is 2. The van der Waals surface area contributed by atoms with E-state index in [-0.39, 0.29) is 0 Å². The summed E-state index contributed by atoms with van der Waals surface area (Å²) in [7, 11) is 0. The van der Waals surface area contributed by atoms with Crippen molar-refractivity contribution in [2.45, 2.75) is 0 Å². The highest BCUT2D eigenvalue weighted by molar-refractivity contribution is 6.27. The van der Waals surface area contributed by atoms with Gasteiger partial charge in [-0.3, -0.25) is 4.98 Å². The second kappa shape index (κ2) is 10.1. The predicted octanol–water partition coefficient (Wildman–Crippen LogP) is 12.1. The molecule has 10 aromatic rings. The van der Waals surface area contributed by atoms with Crippen molar-refractivity contribution in [1.29, 1.82) is 0 Å². The average molecular weight is 597 g/mol. The summed E-state index contributed by atoms with van der Waals surface area (Å²) in [5.41, 5.74) is 10.7. The monoisotopic (exact) mass is 596 g/mol. The van der Waals surface area contributed by atoms with E-state index in [2.05, 4.69) is 167 Å². The first-order valence-corrected chi connectivity index (χ1v) is 16.1. The SMILES string of the molecule is c1ccc(-n2c3ccccc3c3ccc(-c4ccc(-c5ccc6ccc7c(-c8ccccn8)ccc8ccc5c6c87)cc4)cc32)cc1. The Balaban J connectivity index is 1.10. The molecule has 0 amide bonds. The zero-order valence-corrected chi connectivity index (χ0v) is 25.6. The van der Waals surface area contributed by atoms with E-state index in [0.717, 1.165) is 5.69 Å². The van der Waals surface area contributed by atoms with Crippen molar-refractivity contribution in [2.24, 2.45) is 0 Å². The minimum absolute atomic E-state index is 1.00. The Morgan fingerprint density at radius 2 is 0.979 bits per heavy atom. The van der Waals surface area contributed by atoms with Crippen LogP contribution in [0.25, 0.3) is 93.3 Å². The molecule has 2 aromatic heterocycles. The molecule has 0 aliphatic rings. The van der Waals surface area contributed by atoms with Crippen LogP contribution < -0.4 is 0 Å². The van der Waals surface area contributed by atoms with Gasteiger partial charge >= 0.3 is 0 Å². The Kier molecular flexibility index (Phi) is 5.61. The van der Waals surface area contributed by atoms with Crippen LogP contribution in [0.3, 0.4) is 0 Å². The van der Waals surface area contributed by atoms with Crippen molar-refractivity contribution in [2.75, 3.05) is 0 Å². The van der Waals surface area contributed by atoms with Crippen LogP contribution in [0.4, 0.5) is 0 Å². The summed E-state index contributed by atoms with van der Waals surface area (Å²) in [6, 6.07) is 59.5. The lowest BCUT2D eigenvalue weighted by molar-refractivity contribution is 1.18. The van der Waals surface area contributed by atoms with Gasteiger partial charge in [-0.05, 0) is 91.0 Å². The summed E-state index contributed by atoms with van der Waals surface area (Å²) in [4.78, 5) is 4.68. The third kappa shape index (κ3) is 3.95. The van der Waals surface area contributed by atoms with E-state index >= 15 is 0 Å². The number of pyridine rings is 1. The first kappa shape index (κ1) is 26.0. The molecule has 0 aliphatic carbocycles. The van der Waals surface area contributed by atoms with Crippen LogP contribution in [0.5, 0.6) is 0 Å². The van der Waals surface area contributed by atoms with Crippen LogP contribution in [0.15, 0.2) is 170 Å². The molecule has 2 heterocycles. The van der Waals surface area contributed by atoms with Gasteiger partial charge in [0.2, 0.25) is 0 Å². The zero-order chi connectivity index (χ0) is 30.9. The smallest absolute Gasteiger partial charge is 0.0708 e. The van der Waals surface area contributed by atoms with Gasteiger partial charge in [0, 0.05) is 28.2 Å². The summed E-state index contributed by atoms with van der Waals surface area (Å²) in [6.07, 6.45) is 1.87. The molecule has 0 spiro atoms. The van der Waals surface area contributed by atoms with Crippen molar-refractivity contribution in [3.63, 3.8) is 0 Å². The molecule has 0 aliphatic heterocycles. The van der Waals surface area contributed by atoms with Crippen LogP contribution in [-0.4, -0.2) is 9.55 Å². The molecule has 47 heavy (non-hydrogen) atoms. The molecule has 0 fully saturated rings. The normalized spacial score (nSPS) is 11.8. The fourth-order valence-electron chi connectivity index (χ4n) is 7.65. The van der Waals surface area contributed by atoms with Gasteiger partial charge in [-0.25, -0.2) is 0 Å². The van der Waals surface area contributed by atoms with Gasteiger partial charge in [0.1, 0.15) is 0 Å². The Morgan fingerprint density at radius 3 is 1.74 bits per heavy atom. The lowest BCUT2D eigenvalue weighted by atomic mass is 9.87. The minimum Gasteiger partial charge on any atom is -0.309 e. The molecular weight excluding hydrogens is 569 g/mol. The first-order chi connectivity index (χ1) is 23.3. The van der Waals surface area contributed by atoms with Crippen LogP contribution in [0.1, 0.15) is 0 Å². The second-order valence-corrected chi connectivity index (χ2v) is 12.4. The molecule has 0 N–H and O–H groups in total. The largest absolute Gasteiger partial charge is 0.309 e. The molecule has 2 nitrogen and oxygen atoms in total. The van der Waals surface area contributed by atoms with E-state index in [1.165, 1.54) is 87.6 Å². The van der Waals surface area contributed by atoms with E-state index in [4.69, 9.17) is 0 Å². The molecule has 218 valence electrons. The summed E-state index contributed by atoms with van der Waals surface area (Å²) in [5, 5.41) is 10.2. The van der Waals surface area contributed by atoms with Gasteiger partial charge < -0.3 is 4.57 Å². The van der Waals surface area contributed by atoms with Gasteiger partial charge in [0.05, 0.1) is 16.7 Å². The van der Waals surface area contributed by atoms with E-state index in [1.807, 2.05) is 12.3 Å². The molecule has 0 saturated carbocycles. The Hall–Kier alpha value is -6.25. The second-order valence-electron chi connectivity index (χ2n) is 12.4. The fourth-order valence-corrected chi connectivity index (χ4v) is 7.65.